The molecule has 2 N–H and O–H groups in total. The molecule has 1 aliphatic rings. The molecule has 1 aliphatic heterocycles. The summed E-state index contributed by atoms with van der Waals surface area (Å²) >= 11 is 0. The van der Waals surface area contributed by atoms with Gasteiger partial charge in [0.25, 0.3) is 10.0 Å². The molecule has 1 saturated heterocycles. The lowest BCUT2D eigenvalue weighted by Gasteiger charge is -2.22. The van der Waals surface area contributed by atoms with Crippen LogP contribution < -0.4 is 5.32 Å². The standard InChI is InChI=1S/C17H23N5O5S2/c1-13-10-15(20-14(2)23)4-5-16(13)28(24,25)21-6-3-7-22(9-8-21)29(26,27)17-11-18-12-19-17/h4-5,10-12H,3,6-9H2,1-2H3,(H,18,19)(H,20,23). The zero-order valence-electron chi connectivity index (χ0n) is 16.1. The fourth-order valence-corrected chi connectivity index (χ4v) is 6.27. The van der Waals surface area contributed by atoms with Crippen LogP contribution in [0.1, 0.15) is 18.9 Å². The lowest BCUT2D eigenvalue weighted by atomic mass is 10.2. The second-order valence-corrected chi connectivity index (χ2v) is 10.6. The van der Waals surface area contributed by atoms with E-state index in [1.165, 1.54) is 40.2 Å². The van der Waals surface area contributed by atoms with E-state index in [0.717, 1.165) is 0 Å². The van der Waals surface area contributed by atoms with Crippen molar-refractivity contribution in [3.63, 3.8) is 0 Å². The van der Waals surface area contributed by atoms with Crippen LogP contribution in [0.15, 0.2) is 40.6 Å². The number of nitrogens with zero attached hydrogens (tertiary/aromatic N) is 3. The van der Waals surface area contributed by atoms with E-state index in [4.69, 9.17) is 0 Å². The van der Waals surface area contributed by atoms with Gasteiger partial charge in [-0.3, -0.25) is 4.79 Å². The van der Waals surface area contributed by atoms with Crippen molar-refractivity contribution in [1.29, 1.82) is 0 Å². The Bertz CT molecular complexity index is 1100. The van der Waals surface area contributed by atoms with Gasteiger partial charge >= 0.3 is 0 Å². The molecule has 29 heavy (non-hydrogen) atoms. The van der Waals surface area contributed by atoms with E-state index in [1.807, 2.05) is 0 Å². The van der Waals surface area contributed by atoms with Crippen molar-refractivity contribution >= 4 is 31.6 Å². The van der Waals surface area contributed by atoms with E-state index in [0.29, 0.717) is 17.7 Å². The van der Waals surface area contributed by atoms with Gasteiger partial charge in [0, 0.05) is 38.8 Å². The molecule has 3 rings (SSSR count). The van der Waals surface area contributed by atoms with Crippen LogP contribution in [0.25, 0.3) is 0 Å². The Morgan fingerprint density at radius 1 is 1.07 bits per heavy atom. The zero-order valence-corrected chi connectivity index (χ0v) is 17.8. The average Bonchev–Trinajstić information content (AvgIpc) is 3.05. The molecular weight excluding hydrogens is 418 g/mol. The largest absolute Gasteiger partial charge is 0.335 e. The number of aromatic nitrogens is 2. The van der Waals surface area contributed by atoms with E-state index in [1.54, 1.807) is 13.0 Å². The molecule has 0 radical (unpaired) electrons. The predicted octanol–water partition coefficient (Wildman–Crippen LogP) is 0.762. The highest BCUT2D eigenvalue weighted by Crippen LogP contribution is 2.25. The van der Waals surface area contributed by atoms with Crippen LogP contribution in [0.4, 0.5) is 5.69 Å². The van der Waals surface area contributed by atoms with Gasteiger partial charge in [-0.15, -0.1) is 0 Å². The fraction of sp³-hybridized carbons (Fsp3) is 0.412. The highest BCUT2D eigenvalue weighted by molar-refractivity contribution is 7.89. The summed E-state index contributed by atoms with van der Waals surface area (Å²) in [5.41, 5.74) is 1.02. The summed E-state index contributed by atoms with van der Waals surface area (Å²) < 4.78 is 54.2. The summed E-state index contributed by atoms with van der Waals surface area (Å²) in [6.45, 7) is 3.55. The summed E-state index contributed by atoms with van der Waals surface area (Å²) in [5.74, 6) is -0.244. The molecule has 10 nitrogen and oxygen atoms in total. The van der Waals surface area contributed by atoms with Gasteiger partial charge in [0.15, 0.2) is 5.03 Å². The molecule has 1 aromatic heterocycles. The summed E-state index contributed by atoms with van der Waals surface area (Å²) in [4.78, 5) is 17.7. The molecule has 0 aliphatic carbocycles. The second-order valence-electron chi connectivity index (χ2n) is 6.74. The van der Waals surface area contributed by atoms with E-state index in [9.17, 15) is 21.6 Å². The van der Waals surface area contributed by atoms with Crippen molar-refractivity contribution < 1.29 is 21.6 Å². The first-order chi connectivity index (χ1) is 13.6. The van der Waals surface area contributed by atoms with Crippen LogP contribution in [-0.4, -0.2) is 67.5 Å². The highest BCUT2D eigenvalue weighted by Gasteiger charge is 2.32. The monoisotopic (exact) mass is 441 g/mol. The first-order valence-electron chi connectivity index (χ1n) is 8.99. The molecule has 158 valence electrons. The third kappa shape index (κ3) is 4.50. The lowest BCUT2D eigenvalue weighted by molar-refractivity contribution is -0.114. The number of sulfonamides is 2. The number of anilines is 1. The van der Waals surface area contributed by atoms with Crippen molar-refractivity contribution in [3.8, 4) is 0 Å². The van der Waals surface area contributed by atoms with Crippen LogP contribution in [0.2, 0.25) is 0 Å². The van der Waals surface area contributed by atoms with Gasteiger partial charge in [0.2, 0.25) is 15.9 Å². The third-order valence-corrected chi connectivity index (χ3v) is 8.50. The number of imidazole rings is 1. The summed E-state index contributed by atoms with van der Waals surface area (Å²) in [5, 5.41) is 2.61. The quantitative estimate of drug-likeness (QED) is 0.704. The lowest BCUT2D eigenvalue weighted by Crippen LogP contribution is -2.37. The zero-order chi connectivity index (χ0) is 21.2. The maximum Gasteiger partial charge on any atom is 0.260 e. The molecule has 1 fully saturated rings. The van der Waals surface area contributed by atoms with Crippen molar-refractivity contribution in [3.05, 3.63) is 36.3 Å². The van der Waals surface area contributed by atoms with Gasteiger partial charge in [0.1, 0.15) is 0 Å². The number of aromatic amines is 1. The Labute approximate surface area is 170 Å². The van der Waals surface area contributed by atoms with E-state index in [2.05, 4.69) is 15.3 Å². The number of H-pyrrole nitrogens is 1. The normalized spacial score (nSPS) is 17.0. The van der Waals surface area contributed by atoms with Gasteiger partial charge in [-0.2, -0.15) is 8.61 Å². The maximum atomic E-state index is 13.1. The minimum Gasteiger partial charge on any atom is -0.335 e. The van der Waals surface area contributed by atoms with Crippen LogP contribution in [0, 0.1) is 6.92 Å². The molecule has 2 aromatic rings. The number of nitrogens with one attached hydrogen (secondary N) is 2. The number of carbonyl (C=O) groups excluding carboxylic acids is 1. The van der Waals surface area contributed by atoms with Gasteiger partial charge in [-0.05, 0) is 37.1 Å². The SMILES string of the molecule is CC(=O)Nc1ccc(S(=O)(=O)N2CCCN(S(=O)(=O)c3cnc[nH]3)CC2)c(C)c1. The first-order valence-corrected chi connectivity index (χ1v) is 11.9. The van der Waals surface area contributed by atoms with E-state index < -0.39 is 20.0 Å². The Morgan fingerprint density at radius 2 is 1.72 bits per heavy atom. The topological polar surface area (TPSA) is 133 Å². The molecule has 0 spiro atoms. The maximum absolute atomic E-state index is 13.1. The predicted molar refractivity (Wildman–Crippen MR) is 106 cm³/mol. The molecule has 1 amide bonds. The highest BCUT2D eigenvalue weighted by atomic mass is 32.2. The number of hydrogen-bond acceptors (Lipinski definition) is 6. The first kappa shape index (κ1) is 21.4. The number of aryl methyl sites for hydroxylation is 1. The van der Waals surface area contributed by atoms with Gasteiger partial charge in [-0.1, -0.05) is 0 Å². The van der Waals surface area contributed by atoms with Crippen LogP contribution >= 0.6 is 0 Å². The van der Waals surface area contributed by atoms with Crippen molar-refractivity contribution in [2.75, 3.05) is 31.5 Å². The molecular formula is C17H23N5O5S2. The number of rotatable bonds is 5. The molecule has 0 bridgehead atoms. The minimum absolute atomic E-state index is 0.0155. The minimum atomic E-state index is -3.81. The number of carbonyl (C=O) groups is 1. The van der Waals surface area contributed by atoms with Gasteiger partial charge < -0.3 is 10.3 Å². The summed E-state index contributed by atoms with van der Waals surface area (Å²) in [6, 6.07) is 4.59. The van der Waals surface area contributed by atoms with Crippen LogP contribution in [0.3, 0.4) is 0 Å². The average molecular weight is 442 g/mol. The van der Waals surface area contributed by atoms with Crippen molar-refractivity contribution in [2.45, 2.75) is 30.2 Å². The number of hydrogen-bond donors (Lipinski definition) is 2. The van der Waals surface area contributed by atoms with E-state index in [-0.39, 0.29) is 42.0 Å². The van der Waals surface area contributed by atoms with Crippen LogP contribution in [-0.2, 0) is 24.8 Å². The van der Waals surface area contributed by atoms with Crippen molar-refractivity contribution in [2.24, 2.45) is 0 Å². The molecule has 0 atom stereocenters. The smallest absolute Gasteiger partial charge is 0.260 e. The molecule has 0 unspecified atom stereocenters. The number of benzene rings is 1. The molecule has 1 aromatic carbocycles. The van der Waals surface area contributed by atoms with Gasteiger partial charge in [-0.25, -0.2) is 21.8 Å². The van der Waals surface area contributed by atoms with Gasteiger partial charge in [0.05, 0.1) is 17.4 Å². The summed E-state index contributed by atoms with van der Waals surface area (Å²) in [6.07, 6.45) is 2.89. The molecule has 2 heterocycles. The second kappa shape index (κ2) is 8.22. The molecule has 0 saturated carbocycles. The number of amides is 1. The van der Waals surface area contributed by atoms with Crippen LogP contribution in [0.5, 0.6) is 0 Å². The Morgan fingerprint density at radius 3 is 2.28 bits per heavy atom. The third-order valence-electron chi connectivity index (χ3n) is 4.62. The molecule has 12 heteroatoms. The summed E-state index contributed by atoms with van der Waals surface area (Å²) in [7, 11) is -7.55. The van der Waals surface area contributed by atoms with E-state index >= 15 is 0 Å². The Kier molecular flexibility index (Phi) is 6.08. The Balaban J connectivity index is 1.80. The van der Waals surface area contributed by atoms with Crippen molar-refractivity contribution in [1.82, 2.24) is 18.6 Å². The Hall–Kier alpha value is -2.28. The fourth-order valence-electron chi connectivity index (χ4n) is 3.23.